The van der Waals surface area contributed by atoms with E-state index in [0.29, 0.717) is 11.6 Å². The quantitative estimate of drug-likeness (QED) is 0.687. The lowest BCUT2D eigenvalue weighted by Gasteiger charge is -2.05. The van der Waals surface area contributed by atoms with E-state index in [0.717, 1.165) is 24.2 Å². The Kier molecular flexibility index (Phi) is 3.14. The Morgan fingerprint density at radius 2 is 1.90 bits per heavy atom. The maximum Gasteiger partial charge on any atom is 0.269 e. The van der Waals surface area contributed by atoms with Crippen LogP contribution >= 0.6 is 0 Å². The number of nitro groups is 1. The molecule has 6 nitrogen and oxygen atoms in total. The molecule has 0 atom stereocenters. The first-order chi connectivity index (χ1) is 9.65. The number of hydrogen-bond acceptors (Lipinski definition) is 4. The molecule has 1 fully saturated rings. The molecule has 0 saturated heterocycles. The minimum Gasteiger partial charge on any atom is -0.396 e. The van der Waals surface area contributed by atoms with Crippen molar-refractivity contribution < 1.29 is 4.92 Å². The Morgan fingerprint density at radius 1 is 1.25 bits per heavy atom. The molecule has 0 radical (unpaired) electrons. The second-order valence-electron chi connectivity index (χ2n) is 5.17. The summed E-state index contributed by atoms with van der Waals surface area (Å²) in [5.41, 5.74) is 8.57. The summed E-state index contributed by atoms with van der Waals surface area (Å²) in [6.45, 7) is 0. The first kappa shape index (κ1) is 12.7. The number of rotatable bonds is 3. The van der Waals surface area contributed by atoms with E-state index in [9.17, 15) is 10.1 Å². The second-order valence-corrected chi connectivity index (χ2v) is 5.17. The predicted octanol–water partition coefficient (Wildman–Crippen LogP) is 3.02. The highest BCUT2D eigenvalue weighted by atomic mass is 16.6. The van der Waals surface area contributed by atoms with Gasteiger partial charge in [-0.3, -0.25) is 10.1 Å². The molecule has 0 spiro atoms. The zero-order chi connectivity index (χ0) is 14.1. The van der Waals surface area contributed by atoms with E-state index in [4.69, 9.17) is 5.73 Å². The van der Waals surface area contributed by atoms with Crippen LogP contribution in [0.4, 0.5) is 11.4 Å². The van der Waals surface area contributed by atoms with E-state index in [2.05, 4.69) is 5.10 Å². The summed E-state index contributed by atoms with van der Waals surface area (Å²) in [7, 11) is 0. The minimum atomic E-state index is -0.412. The predicted molar refractivity (Wildman–Crippen MR) is 75.8 cm³/mol. The first-order valence-electron chi connectivity index (χ1n) is 6.75. The van der Waals surface area contributed by atoms with Gasteiger partial charge >= 0.3 is 0 Å². The number of nitrogens with two attached hydrogens (primary N) is 1. The van der Waals surface area contributed by atoms with Crippen molar-refractivity contribution in [3.63, 3.8) is 0 Å². The standard InChI is InChI=1S/C14H16N4O2/c15-13-9-17(16-14(13)10-3-1-2-4-10)11-5-7-12(8-6-11)18(19)20/h5-10H,1-4,15H2. The summed E-state index contributed by atoms with van der Waals surface area (Å²) in [6.07, 6.45) is 6.53. The van der Waals surface area contributed by atoms with Gasteiger partial charge in [0, 0.05) is 18.1 Å². The van der Waals surface area contributed by atoms with Crippen LogP contribution in [0, 0.1) is 10.1 Å². The fourth-order valence-electron chi connectivity index (χ4n) is 2.78. The average Bonchev–Trinajstić information content (AvgIpc) is 3.07. The molecule has 0 aliphatic heterocycles. The minimum absolute atomic E-state index is 0.0740. The van der Waals surface area contributed by atoms with Gasteiger partial charge in [0.1, 0.15) is 0 Å². The highest BCUT2D eigenvalue weighted by Crippen LogP contribution is 2.36. The molecule has 1 heterocycles. The fourth-order valence-corrected chi connectivity index (χ4v) is 2.78. The van der Waals surface area contributed by atoms with Gasteiger partial charge in [0.15, 0.2) is 0 Å². The van der Waals surface area contributed by atoms with Gasteiger partial charge in [-0.05, 0) is 25.0 Å². The van der Waals surface area contributed by atoms with Crippen LogP contribution in [0.15, 0.2) is 30.5 Å². The molecule has 20 heavy (non-hydrogen) atoms. The van der Waals surface area contributed by atoms with Crippen molar-refractivity contribution in [2.45, 2.75) is 31.6 Å². The van der Waals surface area contributed by atoms with Crippen LogP contribution in [0.1, 0.15) is 37.3 Å². The molecule has 0 unspecified atom stereocenters. The second kappa shape index (κ2) is 4.96. The number of aromatic nitrogens is 2. The molecule has 1 aromatic carbocycles. The van der Waals surface area contributed by atoms with Crippen LogP contribution in [-0.4, -0.2) is 14.7 Å². The molecule has 1 saturated carbocycles. The largest absolute Gasteiger partial charge is 0.396 e. The van der Waals surface area contributed by atoms with Crippen LogP contribution in [-0.2, 0) is 0 Å². The Morgan fingerprint density at radius 3 is 2.50 bits per heavy atom. The van der Waals surface area contributed by atoms with Crippen LogP contribution in [0.2, 0.25) is 0 Å². The molecule has 104 valence electrons. The lowest BCUT2D eigenvalue weighted by molar-refractivity contribution is -0.384. The van der Waals surface area contributed by atoms with Crippen molar-refractivity contribution >= 4 is 11.4 Å². The maximum atomic E-state index is 10.6. The number of nitrogen functional groups attached to an aromatic ring is 1. The van der Waals surface area contributed by atoms with Gasteiger partial charge in [-0.15, -0.1) is 0 Å². The monoisotopic (exact) mass is 272 g/mol. The summed E-state index contributed by atoms with van der Waals surface area (Å²) >= 11 is 0. The molecule has 0 amide bonds. The summed E-state index contributed by atoms with van der Waals surface area (Å²) in [4.78, 5) is 10.2. The summed E-state index contributed by atoms with van der Waals surface area (Å²) in [5, 5.41) is 15.2. The number of nitrogens with zero attached hydrogens (tertiary/aromatic N) is 3. The Bertz CT molecular complexity index is 627. The molecule has 3 rings (SSSR count). The highest BCUT2D eigenvalue weighted by Gasteiger charge is 2.22. The third kappa shape index (κ3) is 2.24. The summed E-state index contributed by atoms with van der Waals surface area (Å²) in [6, 6.07) is 6.32. The van der Waals surface area contributed by atoms with Crippen LogP contribution < -0.4 is 5.73 Å². The Hall–Kier alpha value is -2.37. The number of hydrogen-bond donors (Lipinski definition) is 1. The Balaban J connectivity index is 1.90. The van der Waals surface area contributed by atoms with Crippen molar-refractivity contribution in [2.75, 3.05) is 5.73 Å². The highest BCUT2D eigenvalue weighted by molar-refractivity contribution is 5.47. The maximum absolute atomic E-state index is 10.6. The number of non-ortho nitro benzene ring substituents is 1. The van der Waals surface area contributed by atoms with Crippen molar-refractivity contribution in [1.82, 2.24) is 9.78 Å². The molecule has 0 bridgehead atoms. The van der Waals surface area contributed by atoms with Gasteiger partial charge in [-0.25, -0.2) is 4.68 Å². The van der Waals surface area contributed by atoms with Gasteiger partial charge < -0.3 is 5.73 Å². The zero-order valence-corrected chi connectivity index (χ0v) is 11.0. The zero-order valence-electron chi connectivity index (χ0n) is 11.0. The molecular formula is C14H16N4O2. The molecule has 2 N–H and O–H groups in total. The van der Waals surface area contributed by atoms with Crippen LogP contribution in [0.5, 0.6) is 0 Å². The lowest BCUT2D eigenvalue weighted by Crippen LogP contribution is -2.00. The van der Waals surface area contributed by atoms with Gasteiger partial charge in [0.05, 0.1) is 28.2 Å². The van der Waals surface area contributed by atoms with E-state index in [1.807, 2.05) is 0 Å². The number of benzene rings is 1. The molecule has 6 heteroatoms. The molecule has 1 aliphatic carbocycles. The van der Waals surface area contributed by atoms with Crippen molar-refractivity contribution in [3.05, 3.63) is 46.3 Å². The SMILES string of the molecule is Nc1cn(-c2ccc([N+](=O)[O-])cc2)nc1C1CCCC1. The van der Waals surface area contributed by atoms with E-state index in [1.54, 1.807) is 23.0 Å². The van der Waals surface area contributed by atoms with Gasteiger partial charge in [0.25, 0.3) is 5.69 Å². The van der Waals surface area contributed by atoms with Gasteiger partial charge in [-0.2, -0.15) is 5.10 Å². The average molecular weight is 272 g/mol. The van der Waals surface area contributed by atoms with Crippen molar-refractivity contribution in [3.8, 4) is 5.69 Å². The molecular weight excluding hydrogens is 256 g/mol. The molecule has 2 aromatic rings. The van der Waals surface area contributed by atoms with E-state index in [1.165, 1.54) is 25.0 Å². The third-order valence-corrected chi connectivity index (χ3v) is 3.84. The summed E-state index contributed by atoms with van der Waals surface area (Å²) < 4.78 is 1.70. The van der Waals surface area contributed by atoms with E-state index >= 15 is 0 Å². The van der Waals surface area contributed by atoms with Gasteiger partial charge in [0.2, 0.25) is 0 Å². The van der Waals surface area contributed by atoms with Crippen molar-refractivity contribution in [2.24, 2.45) is 0 Å². The van der Waals surface area contributed by atoms with Crippen LogP contribution in [0.3, 0.4) is 0 Å². The van der Waals surface area contributed by atoms with Crippen molar-refractivity contribution in [1.29, 1.82) is 0 Å². The molecule has 1 aliphatic rings. The smallest absolute Gasteiger partial charge is 0.269 e. The topological polar surface area (TPSA) is 87.0 Å². The molecule has 1 aromatic heterocycles. The van der Waals surface area contributed by atoms with Gasteiger partial charge in [-0.1, -0.05) is 12.8 Å². The number of nitro benzene ring substituents is 1. The summed E-state index contributed by atoms with van der Waals surface area (Å²) in [5.74, 6) is 0.453. The number of anilines is 1. The first-order valence-corrected chi connectivity index (χ1v) is 6.75. The third-order valence-electron chi connectivity index (χ3n) is 3.84. The van der Waals surface area contributed by atoms with E-state index < -0.39 is 4.92 Å². The fraction of sp³-hybridized carbons (Fsp3) is 0.357. The normalized spacial score (nSPS) is 15.6. The van der Waals surface area contributed by atoms with Crippen LogP contribution in [0.25, 0.3) is 5.69 Å². The lowest BCUT2D eigenvalue weighted by atomic mass is 10.0. The van der Waals surface area contributed by atoms with E-state index in [-0.39, 0.29) is 5.69 Å². The Labute approximate surface area is 116 Å².